The van der Waals surface area contributed by atoms with Crippen LogP contribution in [0.2, 0.25) is 0 Å². The normalized spacial score (nSPS) is 21.9. The third-order valence-corrected chi connectivity index (χ3v) is 4.06. The molecule has 0 aromatic heterocycles. The van der Waals surface area contributed by atoms with Crippen molar-refractivity contribution in [2.75, 3.05) is 6.61 Å². The summed E-state index contributed by atoms with van der Waals surface area (Å²) < 4.78 is 11.8. The summed E-state index contributed by atoms with van der Waals surface area (Å²) in [5, 5.41) is 0. The van der Waals surface area contributed by atoms with Crippen molar-refractivity contribution in [1.29, 1.82) is 0 Å². The predicted molar refractivity (Wildman–Crippen MR) is 94.0 cm³/mol. The second-order valence-corrected chi connectivity index (χ2v) is 6.03. The Hall–Kier alpha value is -1.81. The van der Waals surface area contributed by atoms with E-state index in [4.69, 9.17) is 15.2 Å². The molecule has 1 aliphatic rings. The summed E-state index contributed by atoms with van der Waals surface area (Å²) in [6.45, 7) is 3.61. The molecule has 0 bridgehead atoms. The van der Waals surface area contributed by atoms with Crippen molar-refractivity contribution < 1.29 is 9.47 Å². The summed E-state index contributed by atoms with van der Waals surface area (Å²) in [7, 11) is 0. The zero-order valence-electron chi connectivity index (χ0n) is 14.0. The van der Waals surface area contributed by atoms with Crippen LogP contribution in [0.5, 0.6) is 0 Å². The molecule has 1 unspecified atom stereocenters. The average Bonchev–Trinajstić information content (AvgIpc) is 3.01. The zero-order valence-corrected chi connectivity index (χ0v) is 14.0. The standard InChI is InChI=1S/C19H28N2O2/c1-2-3-9-19(21-15-20)23-18-11-10-17(12-18)14-22-13-16-7-5-4-6-8-16/h4-9,15,17-18H,2-3,10-14H2,1H3,(H2,20,21)/b19-9+/t17?,18-/m0/s1. The largest absolute Gasteiger partial charge is 0.475 e. The molecule has 1 aromatic rings. The maximum absolute atomic E-state index is 5.98. The average molecular weight is 316 g/mol. The zero-order chi connectivity index (χ0) is 16.3. The Bertz CT molecular complexity index is 499. The molecule has 0 amide bonds. The van der Waals surface area contributed by atoms with Crippen LogP contribution < -0.4 is 5.73 Å². The van der Waals surface area contributed by atoms with Crippen LogP contribution in [-0.2, 0) is 16.1 Å². The number of unbranched alkanes of at least 4 members (excludes halogenated alkanes) is 1. The first kappa shape index (κ1) is 17.5. The quantitative estimate of drug-likeness (QED) is 0.425. The van der Waals surface area contributed by atoms with Gasteiger partial charge in [-0.2, -0.15) is 0 Å². The Morgan fingerprint density at radius 2 is 2.13 bits per heavy atom. The van der Waals surface area contributed by atoms with Crippen molar-refractivity contribution in [3.8, 4) is 0 Å². The molecule has 0 heterocycles. The van der Waals surface area contributed by atoms with Gasteiger partial charge in [-0.1, -0.05) is 43.7 Å². The van der Waals surface area contributed by atoms with E-state index in [0.717, 1.165) is 38.7 Å². The van der Waals surface area contributed by atoms with Crippen LogP contribution in [0.4, 0.5) is 0 Å². The number of allylic oxidation sites excluding steroid dienone is 1. The van der Waals surface area contributed by atoms with E-state index in [1.807, 2.05) is 24.3 Å². The fourth-order valence-corrected chi connectivity index (χ4v) is 2.85. The highest BCUT2D eigenvalue weighted by Crippen LogP contribution is 2.30. The van der Waals surface area contributed by atoms with E-state index in [2.05, 4.69) is 24.0 Å². The van der Waals surface area contributed by atoms with E-state index in [1.54, 1.807) is 0 Å². The highest BCUT2D eigenvalue weighted by Gasteiger charge is 2.26. The number of nitrogens with two attached hydrogens (primary N) is 1. The van der Waals surface area contributed by atoms with Gasteiger partial charge in [0, 0.05) is 6.61 Å². The second-order valence-electron chi connectivity index (χ2n) is 6.03. The fourth-order valence-electron chi connectivity index (χ4n) is 2.85. The molecule has 2 atom stereocenters. The number of rotatable bonds is 9. The van der Waals surface area contributed by atoms with Gasteiger partial charge in [-0.15, -0.1) is 0 Å². The van der Waals surface area contributed by atoms with Crippen molar-refractivity contribution >= 4 is 6.34 Å². The van der Waals surface area contributed by atoms with Gasteiger partial charge in [0.1, 0.15) is 6.10 Å². The summed E-state index contributed by atoms with van der Waals surface area (Å²) in [6.07, 6.45) is 8.82. The summed E-state index contributed by atoms with van der Waals surface area (Å²) in [5.74, 6) is 1.23. The van der Waals surface area contributed by atoms with Gasteiger partial charge < -0.3 is 15.2 Å². The number of ether oxygens (including phenoxy) is 2. The monoisotopic (exact) mass is 316 g/mol. The van der Waals surface area contributed by atoms with Gasteiger partial charge in [-0.25, -0.2) is 4.99 Å². The summed E-state index contributed by atoms with van der Waals surface area (Å²) in [4.78, 5) is 4.11. The van der Waals surface area contributed by atoms with Crippen LogP contribution in [0.15, 0.2) is 47.3 Å². The minimum atomic E-state index is 0.229. The molecular weight excluding hydrogens is 288 g/mol. The van der Waals surface area contributed by atoms with Crippen LogP contribution >= 0.6 is 0 Å². The van der Waals surface area contributed by atoms with Crippen LogP contribution in [0.1, 0.15) is 44.6 Å². The first-order chi connectivity index (χ1) is 11.3. The Balaban J connectivity index is 1.70. The summed E-state index contributed by atoms with van der Waals surface area (Å²) in [6, 6.07) is 10.3. The highest BCUT2D eigenvalue weighted by atomic mass is 16.5. The van der Waals surface area contributed by atoms with E-state index in [1.165, 1.54) is 11.9 Å². The molecule has 1 fully saturated rings. The van der Waals surface area contributed by atoms with Crippen molar-refractivity contribution in [3.05, 3.63) is 47.9 Å². The first-order valence-electron chi connectivity index (χ1n) is 8.54. The molecule has 4 heteroatoms. The molecule has 4 nitrogen and oxygen atoms in total. The topological polar surface area (TPSA) is 56.8 Å². The summed E-state index contributed by atoms with van der Waals surface area (Å²) >= 11 is 0. The lowest BCUT2D eigenvalue weighted by molar-refractivity contribution is 0.0748. The molecule has 0 saturated heterocycles. The number of hydrogen-bond donors (Lipinski definition) is 1. The smallest absolute Gasteiger partial charge is 0.210 e. The molecule has 2 N–H and O–H groups in total. The number of aliphatic imine (C=N–C) groups is 1. The van der Waals surface area contributed by atoms with Crippen LogP contribution in [0.25, 0.3) is 0 Å². The van der Waals surface area contributed by atoms with Gasteiger partial charge in [0.25, 0.3) is 0 Å². The molecule has 1 aliphatic carbocycles. The van der Waals surface area contributed by atoms with E-state index in [9.17, 15) is 0 Å². The predicted octanol–water partition coefficient (Wildman–Crippen LogP) is 4.02. The maximum Gasteiger partial charge on any atom is 0.210 e. The van der Waals surface area contributed by atoms with Crippen molar-refractivity contribution in [2.24, 2.45) is 16.6 Å². The molecule has 1 aromatic carbocycles. The molecule has 126 valence electrons. The SMILES string of the molecule is CCC/C=C(\N=C/N)O[C@H]1CCC(COCc2ccccc2)C1. The van der Waals surface area contributed by atoms with E-state index >= 15 is 0 Å². The fraction of sp³-hybridized carbons (Fsp3) is 0.526. The van der Waals surface area contributed by atoms with Gasteiger partial charge in [0.05, 0.1) is 12.9 Å². The Labute approximate surface area is 139 Å². The van der Waals surface area contributed by atoms with Gasteiger partial charge in [-0.05, 0) is 43.2 Å². The van der Waals surface area contributed by atoms with E-state index < -0.39 is 0 Å². The minimum Gasteiger partial charge on any atom is -0.475 e. The highest BCUT2D eigenvalue weighted by molar-refractivity contribution is 5.52. The lowest BCUT2D eigenvalue weighted by Gasteiger charge is -2.14. The third kappa shape index (κ3) is 6.45. The molecule has 1 saturated carbocycles. The maximum atomic E-state index is 5.98. The molecule has 23 heavy (non-hydrogen) atoms. The molecular formula is C19H28N2O2. The first-order valence-corrected chi connectivity index (χ1v) is 8.54. The van der Waals surface area contributed by atoms with Gasteiger partial charge >= 0.3 is 0 Å². The van der Waals surface area contributed by atoms with Crippen LogP contribution in [0.3, 0.4) is 0 Å². The number of hydrogen-bond acceptors (Lipinski definition) is 3. The van der Waals surface area contributed by atoms with Gasteiger partial charge in [0.15, 0.2) is 0 Å². The lowest BCUT2D eigenvalue weighted by atomic mass is 10.1. The Morgan fingerprint density at radius 3 is 2.87 bits per heavy atom. The Morgan fingerprint density at radius 1 is 1.30 bits per heavy atom. The van der Waals surface area contributed by atoms with Gasteiger partial charge in [0.2, 0.25) is 5.88 Å². The van der Waals surface area contributed by atoms with Crippen LogP contribution in [-0.4, -0.2) is 19.0 Å². The van der Waals surface area contributed by atoms with E-state index in [0.29, 0.717) is 18.4 Å². The van der Waals surface area contributed by atoms with E-state index in [-0.39, 0.29) is 6.10 Å². The molecule has 0 spiro atoms. The lowest BCUT2D eigenvalue weighted by Crippen LogP contribution is -2.11. The molecule has 0 radical (unpaired) electrons. The molecule has 0 aliphatic heterocycles. The number of benzene rings is 1. The van der Waals surface area contributed by atoms with Crippen LogP contribution in [0, 0.1) is 5.92 Å². The van der Waals surface area contributed by atoms with Gasteiger partial charge in [-0.3, -0.25) is 0 Å². The van der Waals surface area contributed by atoms with Crippen molar-refractivity contribution in [1.82, 2.24) is 0 Å². The second kappa shape index (κ2) is 10.1. The number of nitrogens with zero attached hydrogens (tertiary/aromatic N) is 1. The minimum absolute atomic E-state index is 0.229. The van der Waals surface area contributed by atoms with Crippen molar-refractivity contribution in [3.63, 3.8) is 0 Å². The summed E-state index contributed by atoms with van der Waals surface area (Å²) in [5.41, 5.74) is 6.61. The Kier molecular flexibility index (Phi) is 7.67. The molecule has 2 rings (SSSR count). The van der Waals surface area contributed by atoms with Crippen molar-refractivity contribution in [2.45, 2.75) is 51.7 Å². The third-order valence-electron chi connectivity index (χ3n) is 4.06.